The van der Waals surface area contributed by atoms with E-state index in [1.165, 1.54) is 25.1 Å². The van der Waals surface area contributed by atoms with Gasteiger partial charge in [-0.3, -0.25) is 4.90 Å². The fourth-order valence-corrected chi connectivity index (χ4v) is 3.50. The van der Waals surface area contributed by atoms with Crippen molar-refractivity contribution in [3.05, 3.63) is 35.9 Å². The van der Waals surface area contributed by atoms with Crippen molar-refractivity contribution >= 4 is 0 Å². The normalized spacial score (nSPS) is 23.6. The van der Waals surface area contributed by atoms with Gasteiger partial charge in [-0.2, -0.15) is 0 Å². The molecule has 1 fully saturated rings. The molecule has 21 heavy (non-hydrogen) atoms. The van der Waals surface area contributed by atoms with E-state index in [1.54, 1.807) is 0 Å². The van der Waals surface area contributed by atoms with Crippen molar-refractivity contribution in [1.29, 1.82) is 0 Å². The molecule has 0 bridgehead atoms. The number of likely N-dealkylation sites (tertiary alicyclic amines) is 1. The van der Waals surface area contributed by atoms with E-state index >= 15 is 0 Å². The van der Waals surface area contributed by atoms with Crippen LogP contribution in [0.2, 0.25) is 0 Å². The highest BCUT2D eigenvalue weighted by atomic mass is 16.2. The van der Waals surface area contributed by atoms with Crippen LogP contribution < -0.4 is 0 Å². The number of hydrogen-bond donors (Lipinski definition) is 1. The van der Waals surface area contributed by atoms with Gasteiger partial charge in [0, 0.05) is 25.7 Å². The third-order valence-electron chi connectivity index (χ3n) is 4.68. The monoisotopic (exact) mass is 290 g/mol. The molecular weight excluding hydrogens is 260 g/mol. The van der Waals surface area contributed by atoms with Crippen LogP contribution >= 0.6 is 0 Å². The van der Waals surface area contributed by atoms with Gasteiger partial charge in [0.1, 0.15) is 0 Å². The number of rotatable bonds is 7. The van der Waals surface area contributed by atoms with Gasteiger partial charge < -0.3 is 10.0 Å². The van der Waals surface area contributed by atoms with Gasteiger partial charge in [-0.15, -0.1) is 0 Å². The molecule has 3 nitrogen and oxygen atoms in total. The maximum Gasteiger partial charge on any atom is 0.0431 e. The molecule has 1 aliphatic rings. The van der Waals surface area contributed by atoms with Gasteiger partial charge in [0.2, 0.25) is 0 Å². The molecule has 1 aliphatic heterocycles. The lowest BCUT2D eigenvalue weighted by molar-refractivity contribution is 0.0741. The van der Waals surface area contributed by atoms with Gasteiger partial charge in [-0.25, -0.2) is 0 Å². The van der Waals surface area contributed by atoms with Gasteiger partial charge >= 0.3 is 0 Å². The average Bonchev–Trinajstić information content (AvgIpc) is 2.48. The molecule has 0 saturated carbocycles. The quantitative estimate of drug-likeness (QED) is 0.782. The number of nitrogens with zero attached hydrogens (tertiary/aromatic N) is 2. The Hall–Kier alpha value is -0.900. The topological polar surface area (TPSA) is 26.7 Å². The van der Waals surface area contributed by atoms with Crippen LogP contribution in [0.4, 0.5) is 0 Å². The first-order valence-electron chi connectivity index (χ1n) is 8.28. The second-order valence-electron chi connectivity index (χ2n) is 6.47. The van der Waals surface area contributed by atoms with Crippen LogP contribution in [-0.2, 0) is 6.54 Å². The molecule has 0 radical (unpaired) electrons. The van der Waals surface area contributed by atoms with E-state index in [0.29, 0.717) is 18.6 Å². The van der Waals surface area contributed by atoms with Crippen LogP contribution in [-0.4, -0.2) is 54.2 Å². The number of piperidine rings is 1. The molecule has 0 amide bonds. The van der Waals surface area contributed by atoms with Gasteiger partial charge in [-0.05, 0) is 50.9 Å². The van der Waals surface area contributed by atoms with Crippen LogP contribution in [0.25, 0.3) is 0 Å². The summed E-state index contributed by atoms with van der Waals surface area (Å²) >= 11 is 0. The highest BCUT2D eigenvalue weighted by Crippen LogP contribution is 2.22. The van der Waals surface area contributed by atoms with Crippen LogP contribution in [0.3, 0.4) is 0 Å². The zero-order chi connectivity index (χ0) is 15.1. The minimum atomic E-state index is 0.318. The van der Waals surface area contributed by atoms with Crippen molar-refractivity contribution < 1.29 is 5.11 Å². The lowest BCUT2D eigenvalue weighted by Gasteiger charge is -2.41. The Morgan fingerprint density at radius 3 is 2.67 bits per heavy atom. The second kappa shape index (κ2) is 8.52. The molecule has 1 saturated heterocycles. The van der Waals surface area contributed by atoms with Gasteiger partial charge in [0.15, 0.2) is 0 Å². The molecule has 1 aromatic carbocycles. The Morgan fingerprint density at radius 2 is 2.00 bits per heavy atom. The Morgan fingerprint density at radius 1 is 1.24 bits per heavy atom. The van der Waals surface area contributed by atoms with E-state index < -0.39 is 0 Å². The molecule has 118 valence electrons. The Bertz CT molecular complexity index is 395. The highest BCUT2D eigenvalue weighted by Gasteiger charge is 2.28. The van der Waals surface area contributed by atoms with E-state index in [-0.39, 0.29) is 0 Å². The molecule has 1 heterocycles. The largest absolute Gasteiger partial charge is 0.396 e. The molecule has 2 atom stereocenters. The predicted molar refractivity (Wildman–Crippen MR) is 88.2 cm³/mol. The Balaban J connectivity index is 1.79. The highest BCUT2D eigenvalue weighted by molar-refractivity contribution is 5.14. The van der Waals surface area contributed by atoms with Crippen molar-refractivity contribution in [2.75, 3.05) is 33.3 Å². The summed E-state index contributed by atoms with van der Waals surface area (Å²) in [5.41, 5.74) is 1.42. The molecule has 1 N–H and O–H groups in total. The summed E-state index contributed by atoms with van der Waals surface area (Å²) in [5.74, 6) is 0.710. The summed E-state index contributed by atoms with van der Waals surface area (Å²) in [7, 11) is 2.24. The van der Waals surface area contributed by atoms with Crippen molar-refractivity contribution in [3.63, 3.8) is 0 Å². The number of benzene rings is 1. The Kier molecular flexibility index (Phi) is 6.68. The van der Waals surface area contributed by atoms with E-state index in [1.807, 2.05) is 0 Å². The second-order valence-corrected chi connectivity index (χ2v) is 6.47. The van der Waals surface area contributed by atoms with E-state index in [4.69, 9.17) is 5.11 Å². The standard InChI is InChI=1S/C18H30N2O/c1-16-14-20(15-17-8-4-3-5-9-17)12-10-18(16)19(2)11-6-7-13-21/h3-5,8-9,16,18,21H,6-7,10-15H2,1-2H3. The zero-order valence-electron chi connectivity index (χ0n) is 13.5. The van der Waals surface area contributed by atoms with Crippen LogP contribution in [0.5, 0.6) is 0 Å². The van der Waals surface area contributed by atoms with Crippen LogP contribution in [0, 0.1) is 5.92 Å². The summed E-state index contributed by atoms with van der Waals surface area (Å²) < 4.78 is 0. The summed E-state index contributed by atoms with van der Waals surface area (Å²) in [6.07, 6.45) is 3.28. The first kappa shape index (κ1) is 16.5. The van der Waals surface area contributed by atoms with E-state index in [0.717, 1.165) is 25.9 Å². The van der Waals surface area contributed by atoms with Crippen LogP contribution in [0.1, 0.15) is 31.7 Å². The van der Waals surface area contributed by atoms with Gasteiger partial charge in [0.25, 0.3) is 0 Å². The summed E-state index contributed by atoms with van der Waals surface area (Å²) in [5, 5.41) is 8.89. The predicted octanol–water partition coefficient (Wildman–Crippen LogP) is 2.60. The maximum atomic E-state index is 8.89. The van der Waals surface area contributed by atoms with E-state index in [2.05, 4.69) is 54.1 Å². The first-order chi connectivity index (χ1) is 10.2. The van der Waals surface area contributed by atoms with E-state index in [9.17, 15) is 0 Å². The van der Waals surface area contributed by atoms with Crippen molar-refractivity contribution in [2.45, 2.75) is 38.8 Å². The summed E-state index contributed by atoms with van der Waals surface area (Å²) in [6.45, 7) is 7.25. The number of aliphatic hydroxyl groups excluding tert-OH is 1. The molecule has 0 aromatic heterocycles. The molecule has 2 unspecified atom stereocenters. The first-order valence-corrected chi connectivity index (χ1v) is 8.28. The summed E-state index contributed by atoms with van der Waals surface area (Å²) in [6, 6.07) is 11.5. The van der Waals surface area contributed by atoms with Crippen molar-refractivity contribution in [2.24, 2.45) is 5.92 Å². The van der Waals surface area contributed by atoms with Gasteiger partial charge in [0.05, 0.1) is 0 Å². The minimum absolute atomic E-state index is 0.318. The fraction of sp³-hybridized carbons (Fsp3) is 0.667. The fourth-order valence-electron chi connectivity index (χ4n) is 3.50. The lowest BCUT2D eigenvalue weighted by Crippen LogP contribution is -2.48. The Labute approximate surface area is 129 Å². The molecule has 2 rings (SSSR count). The molecule has 0 spiro atoms. The lowest BCUT2D eigenvalue weighted by atomic mass is 9.92. The third kappa shape index (κ3) is 5.10. The third-order valence-corrected chi connectivity index (χ3v) is 4.68. The SMILES string of the molecule is CC1CN(Cc2ccccc2)CCC1N(C)CCCCO. The van der Waals surface area contributed by atoms with Crippen molar-refractivity contribution in [1.82, 2.24) is 9.80 Å². The number of unbranched alkanes of at least 4 members (excludes halogenated alkanes) is 1. The zero-order valence-corrected chi connectivity index (χ0v) is 13.5. The number of hydrogen-bond acceptors (Lipinski definition) is 3. The minimum Gasteiger partial charge on any atom is -0.396 e. The smallest absolute Gasteiger partial charge is 0.0431 e. The molecule has 3 heteroatoms. The summed E-state index contributed by atoms with van der Waals surface area (Å²) in [4.78, 5) is 5.08. The average molecular weight is 290 g/mol. The molecule has 1 aromatic rings. The van der Waals surface area contributed by atoms with Gasteiger partial charge in [-0.1, -0.05) is 37.3 Å². The maximum absolute atomic E-state index is 8.89. The number of aliphatic hydroxyl groups is 1. The molecule has 0 aliphatic carbocycles. The van der Waals surface area contributed by atoms with Crippen LogP contribution in [0.15, 0.2) is 30.3 Å². The molecular formula is C18H30N2O. The van der Waals surface area contributed by atoms with Crippen molar-refractivity contribution in [3.8, 4) is 0 Å².